The number of carbonyl (C=O) groups excluding carboxylic acids is 2. The van der Waals surface area contributed by atoms with E-state index in [0.29, 0.717) is 11.4 Å². The topological polar surface area (TPSA) is 108 Å². The van der Waals surface area contributed by atoms with Crippen molar-refractivity contribution >= 4 is 23.5 Å². The lowest BCUT2D eigenvalue weighted by Gasteiger charge is -2.35. The molecule has 0 unspecified atom stereocenters. The molecule has 3 rings (SSSR count). The van der Waals surface area contributed by atoms with Gasteiger partial charge in [-0.1, -0.05) is 6.07 Å². The van der Waals surface area contributed by atoms with Crippen molar-refractivity contribution in [2.75, 3.05) is 43.5 Å². The van der Waals surface area contributed by atoms with Gasteiger partial charge in [-0.05, 0) is 36.8 Å². The Labute approximate surface area is 187 Å². The van der Waals surface area contributed by atoms with E-state index in [2.05, 4.69) is 15.0 Å². The number of rotatable bonds is 4. The first-order valence-electron chi connectivity index (χ1n) is 9.78. The highest BCUT2D eigenvalue weighted by Gasteiger charge is 2.39. The van der Waals surface area contributed by atoms with Crippen LogP contribution < -0.4 is 15.0 Å². The highest BCUT2D eigenvalue weighted by molar-refractivity contribution is 5.92. The van der Waals surface area contributed by atoms with Gasteiger partial charge in [0.05, 0.1) is 18.4 Å². The molecule has 1 fully saturated rings. The molecule has 2 heterocycles. The van der Waals surface area contributed by atoms with Crippen molar-refractivity contribution in [3.63, 3.8) is 0 Å². The summed E-state index contributed by atoms with van der Waals surface area (Å²) in [5, 5.41) is 11.2. The standard InChI is InChI=1S/C21H20F3N5O4/c1-13-3-5-16(32-2)15(11-13)26-20(31)29-9-7-28(8-10-29)17-6-4-14(19(30)33-12-25)18(27-17)21(22,23)24/h3-6,11H,7-10H2,1-2H3,(H,26,31). The van der Waals surface area contributed by atoms with Crippen molar-refractivity contribution in [3.8, 4) is 12.0 Å². The van der Waals surface area contributed by atoms with Crippen molar-refractivity contribution in [2.24, 2.45) is 0 Å². The Balaban J connectivity index is 1.71. The van der Waals surface area contributed by atoms with Crippen molar-refractivity contribution in [1.29, 1.82) is 5.26 Å². The number of hydrogen-bond donors (Lipinski definition) is 1. The number of piperazine rings is 1. The second-order valence-corrected chi connectivity index (χ2v) is 7.15. The number of esters is 1. The van der Waals surface area contributed by atoms with Gasteiger partial charge in [-0.3, -0.25) is 0 Å². The molecule has 1 aromatic heterocycles. The maximum atomic E-state index is 13.4. The fraction of sp³-hybridized carbons (Fsp3) is 0.333. The minimum absolute atomic E-state index is 0.00348. The lowest BCUT2D eigenvalue weighted by atomic mass is 10.1. The zero-order chi connectivity index (χ0) is 24.2. The average Bonchev–Trinajstić information content (AvgIpc) is 2.78. The van der Waals surface area contributed by atoms with Crippen LogP contribution in [-0.4, -0.2) is 55.2 Å². The zero-order valence-corrected chi connectivity index (χ0v) is 17.8. The molecule has 2 aromatic rings. The molecule has 2 amide bonds. The lowest BCUT2D eigenvalue weighted by Crippen LogP contribution is -2.50. The van der Waals surface area contributed by atoms with Crippen molar-refractivity contribution in [2.45, 2.75) is 13.1 Å². The van der Waals surface area contributed by atoms with Gasteiger partial charge >= 0.3 is 18.2 Å². The number of pyridine rings is 1. The Hall–Kier alpha value is -4.01. The van der Waals surface area contributed by atoms with Crippen LogP contribution in [-0.2, 0) is 10.9 Å². The Bertz CT molecular complexity index is 1090. The number of anilines is 2. The summed E-state index contributed by atoms with van der Waals surface area (Å²) in [4.78, 5) is 31.0. The second-order valence-electron chi connectivity index (χ2n) is 7.15. The summed E-state index contributed by atoms with van der Waals surface area (Å²) in [5.74, 6) is -0.931. The summed E-state index contributed by atoms with van der Waals surface area (Å²) in [5.41, 5.74) is -0.837. The van der Waals surface area contributed by atoms with Gasteiger partial charge in [0.1, 0.15) is 11.6 Å². The summed E-state index contributed by atoms with van der Waals surface area (Å²) >= 11 is 0. The number of aryl methyl sites for hydroxylation is 1. The first kappa shape index (κ1) is 23.6. The van der Waals surface area contributed by atoms with Crippen LogP contribution in [0.15, 0.2) is 30.3 Å². The molecule has 33 heavy (non-hydrogen) atoms. The van der Waals surface area contributed by atoms with E-state index in [0.717, 1.165) is 17.9 Å². The largest absolute Gasteiger partial charge is 0.495 e. The maximum absolute atomic E-state index is 13.4. The highest BCUT2D eigenvalue weighted by Crippen LogP contribution is 2.33. The molecule has 12 heteroatoms. The van der Waals surface area contributed by atoms with Crippen molar-refractivity contribution in [3.05, 3.63) is 47.2 Å². The van der Waals surface area contributed by atoms with Gasteiger partial charge in [0, 0.05) is 26.2 Å². The van der Waals surface area contributed by atoms with Gasteiger partial charge in [-0.25, -0.2) is 14.6 Å². The third-order valence-electron chi connectivity index (χ3n) is 4.99. The zero-order valence-electron chi connectivity index (χ0n) is 17.8. The normalized spacial score (nSPS) is 13.8. The van der Waals surface area contributed by atoms with Gasteiger partial charge < -0.3 is 24.6 Å². The molecule has 1 aromatic carbocycles. The number of halogens is 3. The Morgan fingerprint density at radius 3 is 2.45 bits per heavy atom. The molecule has 0 radical (unpaired) electrons. The third kappa shape index (κ3) is 5.43. The number of carbonyl (C=O) groups is 2. The summed E-state index contributed by atoms with van der Waals surface area (Å²) in [6, 6.07) is 7.17. The Morgan fingerprint density at radius 2 is 1.85 bits per heavy atom. The van der Waals surface area contributed by atoms with Crippen LogP contribution in [0.2, 0.25) is 0 Å². The van der Waals surface area contributed by atoms with E-state index in [9.17, 15) is 22.8 Å². The average molecular weight is 463 g/mol. The van der Waals surface area contributed by atoms with Crippen LogP contribution in [0.5, 0.6) is 5.75 Å². The lowest BCUT2D eigenvalue weighted by molar-refractivity contribution is -0.141. The van der Waals surface area contributed by atoms with Crippen LogP contribution in [0.3, 0.4) is 0 Å². The maximum Gasteiger partial charge on any atom is 0.434 e. The molecule has 9 nitrogen and oxygen atoms in total. The number of nitrogens with zero attached hydrogens (tertiary/aromatic N) is 4. The monoisotopic (exact) mass is 463 g/mol. The van der Waals surface area contributed by atoms with Crippen LogP contribution in [0, 0.1) is 18.4 Å². The van der Waals surface area contributed by atoms with Crippen LogP contribution in [0.4, 0.5) is 29.5 Å². The molecule has 1 aliphatic rings. The van der Waals surface area contributed by atoms with Gasteiger partial charge in [-0.2, -0.15) is 13.2 Å². The van der Waals surface area contributed by atoms with Crippen LogP contribution in [0.25, 0.3) is 0 Å². The molecule has 0 saturated carbocycles. The summed E-state index contributed by atoms with van der Waals surface area (Å²) < 4.78 is 49.5. The Morgan fingerprint density at radius 1 is 1.15 bits per heavy atom. The van der Waals surface area contributed by atoms with Gasteiger partial charge in [-0.15, -0.1) is 5.26 Å². The van der Waals surface area contributed by atoms with Gasteiger partial charge in [0.2, 0.25) is 0 Å². The number of amides is 2. The van der Waals surface area contributed by atoms with E-state index in [1.165, 1.54) is 18.1 Å². The van der Waals surface area contributed by atoms with E-state index in [-0.39, 0.29) is 38.0 Å². The minimum Gasteiger partial charge on any atom is -0.495 e. The van der Waals surface area contributed by atoms with E-state index >= 15 is 0 Å². The first-order chi connectivity index (χ1) is 15.6. The number of nitrogens with one attached hydrogen (secondary N) is 1. The summed E-state index contributed by atoms with van der Waals surface area (Å²) in [6.45, 7) is 2.80. The van der Waals surface area contributed by atoms with Crippen LogP contribution in [0.1, 0.15) is 21.6 Å². The molecule has 1 saturated heterocycles. The summed E-state index contributed by atoms with van der Waals surface area (Å²) in [6.07, 6.45) is -3.86. The number of benzene rings is 1. The molecule has 0 spiro atoms. The van der Waals surface area contributed by atoms with Gasteiger partial charge in [0.25, 0.3) is 6.26 Å². The number of methoxy groups -OCH3 is 1. The number of urea groups is 1. The molecule has 174 valence electrons. The van der Waals surface area contributed by atoms with Gasteiger partial charge in [0.15, 0.2) is 5.69 Å². The molecule has 0 bridgehead atoms. The van der Waals surface area contributed by atoms with Crippen molar-refractivity contribution < 1.29 is 32.2 Å². The van der Waals surface area contributed by atoms with E-state index < -0.39 is 23.4 Å². The number of aromatic nitrogens is 1. The molecule has 0 aliphatic carbocycles. The summed E-state index contributed by atoms with van der Waals surface area (Å²) in [7, 11) is 1.49. The molecule has 0 atom stereocenters. The van der Waals surface area contributed by atoms with E-state index in [1.807, 2.05) is 13.0 Å². The molecule has 1 N–H and O–H groups in total. The van der Waals surface area contributed by atoms with Crippen molar-refractivity contribution in [1.82, 2.24) is 9.88 Å². The minimum atomic E-state index is -4.92. The SMILES string of the molecule is COc1ccc(C)cc1NC(=O)N1CCN(c2ccc(C(=O)OC#N)c(C(F)(F)F)n2)CC1. The smallest absolute Gasteiger partial charge is 0.434 e. The predicted molar refractivity (Wildman–Crippen MR) is 111 cm³/mol. The van der Waals surface area contributed by atoms with E-state index in [1.54, 1.807) is 17.0 Å². The quantitative estimate of drug-likeness (QED) is 0.547. The fourth-order valence-corrected chi connectivity index (χ4v) is 3.35. The number of alkyl halides is 3. The number of nitriles is 1. The first-order valence-corrected chi connectivity index (χ1v) is 9.78. The van der Waals surface area contributed by atoms with E-state index in [4.69, 9.17) is 10.00 Å². The third-order valence-corrected chi connectivity index (χ3v) is 4.99. The highest BCUT2D eigenvalue weighted by atomic mass is 19.4. The molecular weight excluding hydrogens is 443 g/mol. The predicted octanol–water partition coefficient (Wildman–Crippen LogP) is 3.41. The van der Waals surface area contributed by atoms with Crippen LogP contribution >= 0.6 is 0 Å². The second kappa shape index (κ2) is 9.64. The number of ether oxygens (including phenoxy) is 2. The number of hydrogen-bond acceptors (Lipinski definition) is 7. The molecular formula is C21H20F3N5O4. The Kier molecular flexibility index (Phi) is 6.91. The fourth-order valence-electron chi connectivity index (χ4n) is 3.35. The molecule has 1 aliphatic heterocycles.